The Morgan fingerprint density at radius 3 is 2.48 bits per heavy atom. The second kappa shape index (κ2) is 8.01. The van der Waals surface area contributed by atoms with E-state index in [0.717, 1.165) is 28.4 Å². The zero-order valence-electron chi connectivity index (χ0n) is 16.1. The Morgan fingerprint density at radius 2 is 1.81 bits per heavy atom. The Hall–Kier alpha value is -2.53. The third-order valence-corrected chi connectivity index (χ3v) is 5.56. The summed E-state index contributed by atoms with van der Waals surface area (Å²) in [4.78, 5) is 10.9. The lowest BCUT2D eigenvalue weighted by Crippen LogP contribution is -2.25. The van der Waals surface area contributed by atoms with Gasteiger partial charge in [-0.3, -0.25) is 5.10 Å². The average molecular weight is 361 g/mol. The quantitative estimate of drug-likeness (QED) is 0.733. The van der Waals surface area contributed by atoms with Gasteiger partial charge in [-0.1, -0.05) is 30.3 Å². The predicted molar refractivity (Wildman–Crippen MR) is 108 cm³/mol. The average Bonchev–Trinajstić information content (AvgIpc) is 3.14. The van der Waals surface area contributed by atoms with Gasteiger partial charge < -0.3 is 4.90 Å². The highest BCUT2D eigenvalue weighted by molar-refractivity contribution is 5.81. The first kappa shape index (κ1) is 17.9. The summed E-state index contributed by atoms with van der Waals surface area (Å²) in [5, 5.41) is 8.09. The molecule has 140 valence electrons. The van der Waals surface area contributed by atoms with Crippen molar-refractivity contribution in [2.45, 2.75) is 31.6 Å². The number of benzene rings is 1. The highest BCUT2D eigenvalue weighted by Gasteiger charge is 2.28. The summed E-state index contributed by atoms with van der Waals surface area (Å²) < 4.78 is 0. The van der Waals surface area contributed by atoms with Gasteiger partial charge in [0.15, 0.2) is 0 Å². The molecular formula is C22H27N5. The molecule has 1 aromatic carbocycles. The molecule has 5 nitrogen and oxygen atoms in total. The van der Waals surface area contributed by atoms with Gasteiger partial charge >= 0.3 is 0 Å². The number of aromatic nitrogens is 4. The van der Waals surface area contributed by atoms with Crippen LogP contribution >= 0.6 is 0 Å². The van der Waals surface area contributed by atoms with E-state index in [9.17, 15) is 0 Å². The molecule has 3 aromatic rings. The molecule has 1 aliphatic carbocycles. The molecule has 2 aromatic heterocycles. The molecule has 1 aliphatic rings. The van der Waals surface area contributed by atoms with Gasteiger partial charge in [-0.25, -0.2) is 9.97 Å². The SMILES string of the molecule is CN(C)CC1CCC(c2[nH]nc(-c3ccccc3)c2-c2ccncn2)CC1. The molecule has 4 rings (SSSR count). The lowest BCUT2D eigenvalue weighted by atomic mass is 9.79. The third-order valence-electron chi connectivity index (χ3n) is 5.56. The van der Waals surface area contributed by atoms with Crippen molar-refractivity contribution in [2.24, 2.45) is 5.92 Å². The zero-order chi connectivity index (χ0) is 18.6. The molecule has 0 radical (unpaired) electrons. The van der Waals surface area contributed by atoms with E-state index < -0.39 is 0 Å². The minimum atomic E-state index is 0.512. The van der Waals surface area contributed by atoms with Gasteiger partial charge in [0.25, 0.3) is 0 Å². The van der Waals surface area contributed by atoms with Crippen LogP contribution in [-0.2, 0) is 0 Å². The molecule has 0 unspecified atom stereocenters. The zero-order valence-corrected chi connectivity index (χ0v) is 16.1. The first-order valence-corrected chi connectivity index (χ1v) is 9.77. The number of nitrogens with one attached hydrogen (secondary N) is 1. The topological polar surface area (TPSA) is 57.7 Å². The Balaban J connectivity index is 1.67. The van der Waals surface area contributed by atoms with Crippen LogP contribution in [0.5, 0.6) is 0 Å². The van der Waals surface area contributed by atoms with Crippen molar-refractivity contribution in [1.82, 2.24) is 25.1 Å². The lowest BCUT2D eigenvalue weighted by Gasteiger charge is -2.30. The van der Waals surface area contributed by atoms with E-state index in [1.807, 2.05) is 18.3 Å². The first-order valence-electron chi connectivity index (χ1n) is 9.77. The lowest BCUT2D eigenvalue weighted by molar-refractivity contribution is 0.248. The van der Waals surface area contributed by atoms with E-state index in [1.165, 1.54) is 37.9 Å². The van der Waals surface area contributed by atoms with E-state index in [1.54, 1.807) is 6.33 Å². The fourth-order valence-corrected chi connectivity index (χ4v) is 4.30. The minimum absolute atomic E-state index is 0.512. The van der Waals surface area contributed by atoms with Crippen LogP contribution in [0.2, 0.25) is 0 Å². The number of aromatic amines is 1. The molecule has 27 heavy (non-hydrogen) atoms. The molecule has 1 saturated carbocycles. The van der Waals surface area contributed by atoms with Gasteiger partial charge in [-0.15, -0.1) is 0 Å². The molecule has 1 N–H and O–H groups in total. The smallest absolute Gasteiger partial charge is 0.116 e. The van der Waals surface area contributed by atoms with Crippen LogP contribution < -0.4 is 0 Å². The summed E-state index contributed by atoms with van der Waals surface area (Å²) in [5.74, 6) is 1.31. The van der Waals surface area contributed by atoms with Crippen molar-refractivity contribution >= 4 is 0 Å². The number of hydrogen-bond donors (Lipinski definition) is 1. The first-order chi connectivity index (χ1) is 13.2. The molecule has 0 saturated heterocycles. The van der Waals surface area contributed by atoms with Crippen LogP contribution in [0.4, 0.5) is 0 Å². The van der Waals surface area contributed by atoms with Gasteiger partial charge in [0.1, 0.15) is 12.0 Å². The molecule has 0 amide bonds. The molecule has 0 bridgehead atoms. The van der Waals surface area contributed by atoms with Crippen molar-refractivity contribution in [3.8, 4) is 22.5 Å². The van der Waals surface area contributed by atoms with Crippen LogP contribution in [0.25, 0.3) is 22.5 Å². The van der Waals surface area contributed by atoms with Gasteiger partial charge in [0.2, 0.25) is 0 Å². The van der Waals surface area contributed by atoms with Crippen LogP contribution in [0, 0.1) is 5.92 Å². The normalized spacial score (nSPS) is 20.1. The summed E-state index contributed by atoms with van der Waals surface area (Å²) in [6.07, 6.45) is 8.37. The monoisotopic (exact) mass is 361 g/mol. The van der Waals surface area contributed by atoms with Gasteiger partial charge in [-0.05, 0) is 51.8 Å². The highest BCUT2D eigenvalue weighted by atomic mass is 15.1. The summed E-state index contributed by atoms with van der Waals surface area (Å²) in [7, 11) is 4.33. The maximum atomic E-state index is 4.71. The van der Waals surface area contributed by atoms with Crippen LogP contribution in [0.1, 0.15) is 37.3 Å². The Labute approximate surface area is 160 Å². The van der Waals surface area contributed by atoms with Gasteiger partial charge in [0, 0.05) is 35.5 Å². The number of nitrogens with zero attached hydrogens (tertiary/aromatic N) is 4. The highest BCUT2D eigenvalue weighted by Crippen LogP contribution is 2.42. The molecule has 2 heterocycles. The second-order valence-electron chi connectivity index (χ2n) is 7.80. The van der Waals surface area contributed by atoms with Gasteiger partial charge in [-0.2, -0.15) is 5.10 Å². The fraction of sp³-hybridized carbons (Fsp3) is 0.409. The van der Waals surface area contributed by atoms with Crippen molar-refractivity contribution < 1.29 is 0 Å². The minimum Gasteiger partial charge on any atom is -0.309 e. The summed E-state index contributed by atoms with van der Waals surface area (Å²) in [5.41, 5.74) is 5.42. The van der Waals surface area contributed by atoms with E-state index in [0.29, 0.717) is 5.92 Å². The standard InChI is InChI=1S/C22H27N5/c1-27(2)14-16-8-10-18(11-9-16)22-20(19-12-13-23-15-24-19)21(25-26-22)17-6-4-3-5-7-17/h3-7,12-13,15-16,18H,8-11,14H2,1-2H3,(H,25,26). The molecule has 5 heteroatoms. The molecular weight excluding hydrogens is 334 g/mol. The Kier molecular flexibility index (Phi) is 5.30. The summed E-state index contributed by atoms with van der Waals surface area (Å²) >= 11 is 0. The van der Waals surface area contributed by atoms with Crippen molar-refractivity contribution in [3.05, 3.63) is 54.6 Å². The third kappa shape index (κ3) is 3.93. The van der Waals surface area contributed by atoms with Gasteiger partial charge in [0.05, 0.1) is 5.69 Å². The predicted octanol–water partition coefficient (Wildman–Crippen LogP) is 4.37. The fourth-order valence-electron chi connectivity index (χ4n) is 4.30. The van der Waals surface area contributed by atoms with Crippen LogP contribution in [0.15, 0.2) is 48.9 Å². The number of rotatable bonds is 5. The Morgan fingerprint density at radius 1 is 1.04 bits per heavy atom. The largest absolute Gasteiger partial charge is 0.309 e. The maximum Gasteiger partial charge on any atom is 0.116 e. The van der Waals surface area contributed by atoms with E-state index in [-0.39, 0.29) is 0 Å². The summed E-state index contributed by atoms with van der Waals surface area (Å²) in [6.45, 7) is 1.18. The molecule has 0 atom stereocenters. The molecule has 1 fully saturated rings. The second-order valence-corrected chi connectivity index (χ2v) is 7.80. The van der Waals surface area contributed by atoms with E-state index in [2.05, 4.69) is 58.3 Å². The number of H-pyrrole nitrogens is 1. The van der Waals surface area contributed by atoms with E-state index >= 15 is 0 Å². The summed E-state index contributed by atoms with van der Waals surface area (Å²) in [6, 6.07) is 12.4. The Bertz CT molecular complexity index is 849. The van der Waals surface area contributed by atoms with Crippen LogP contribution in [0.3, 0.4) is 0 Å². The van der Waals surface area contributed by atoms with Crippen molar-refractivity contribution in [3.63, 3.8) is 0 Å². The van der Waals surface area contributed by atoms with E-state index in [4.69, 9.17) is 5.10 Å². The maximum absolute atomic E-state index is 4.71. The van der Waals surface area contributed by atoms with Crippen molar-refractivity contribution in [2.75, 3.05) is 20.6 Å². The number of hydrogen-bond acceptors (Lipinski definition) is 4. The molecule has 0 aliphatic heterocycles. The molecule has 0 spiro atoms. The van der Waals surface area contributed by atoms with Crippen LogP contribution in [-0.4, -0.2) is 45.7 Å². The van der Waals surface area contributed by atoms with Crippen molar-refractivity contribution in [1.29, 1.82) is 0 Å².